The van der Waals surface area contributed by atoms with Crippen molar-refractivity contribution in [3.63, 3.8) is 0 Å². The quantitative estimate of drug-likeness (QED) is 0.405. The standard InChI is InChI=1S/C13H26N2O3/c1-6-18-12(17)10(13(2,3)4)11(16)15-9-7-8-14-5/h10,14H,6-9H2,1-5H3,(H,15,16). The summed E-state index contributed by atoms with van der Waals surface area (Å²) < 4.78 is 4.97. The minimum absolute atomic E-state index is 0.253. The van der Waals surface area contributed by atoms with Gasteiger partial charge >= 0.3 is 5.97 Å². The lowest BCUT2D eigenvalue weighted by Gasteiger charge is -2.27. The molecule has 0 bridgehead atoms. The maximum atomic E-state index is 12.0. The molecule has 0 aromatic carbocycles. The van der Waals surface area contributed by atoms with Gasteiger partial charge in [-0.3, -0.25) is 9.59 Å². The van der Waals surface area contributed by atoms with E-state index in [0.29, 0.717) is 13.2 Å². The van der Waals surface area contributed by atoms with Gasteiger partial charge in [-0.25, -0.2) is 0 Å². The summed E-state index contributed by atoms with van der Waals surface area (Å²) in [5.74, 6) is -1.46. The molecule has 0 saturated carbocycles. The van der Waals surface area contributed by atoms with E-state index >= 15 is 0 Å². The fourth-order valence-electron chi connectivity index (χ4n) is 1.66. The molecule has 5 heteroatoms. The van der Waals surface area contributed by atoms with Crippen molar-refractivity contribution in [1.29, 1.82) is 0 Å². The molecule has 1 amide bonds. The molecule has 18 heavy (non-hydrogen) atoms. The maximum absolute atomic E-state index is 12.0. The molecule has 0 aromatic heterocycles. The summed E-state index contributed by atoms with van der Waals surface area (Å²) >= 11 is 0. The average molecular weight is 258 g/mol. The summed E-state index contributed by atoms with van der Waals surface area (Å²) in [6.07, 6.45) is 0.835. The van der Waals surface area contributed by atoms with Gasteiger partial charge in [-0.15, -0.1) is 0 Å². The van der Waals surface area contributed by atoms with E-state index in [-0.39, 0.29) is 5.91 Å². The molecular weight excluding hydrogens is 232 g/mol. The number of esters is 1. The van der Waals surface area contributed by atoms with Crippen molar-refractivity contribution in [2.45, 2.75) is 34.1 Å². The third-order valence-corrected chi connectivity index (χ3v) is 2.55. The first kappa shape index (κ1) is 16.9. The lowest BCUT2D eigenvalue weighted by atomic mass is 9.80. The van der Waals surface area contributed by atoms with Crippen LogP contribution in [0.5, 0.6) is 0 Å². The highest BCUT2D eigenvalue weighted by Crippen LogP contribution is 2.27. The Morgan fingerprint density at radius 1 is 1.22 bits per heavy atom. The van der Waals surface area contributed by atoms with Crippen LogP contribution in [-0.2, 0) is 14.3 Å². The van der Waals surface area contributed by atoms with Crippen LogP contribution in [-0.4, -0.2) is 38.6 Å². The Balaban J connectivity index is 4.47. The molecule has 2 N–H and O–H groups in total. The normalized spacial score (nSPS) is 12.9. The minimum atomic E-state index is -0.757. The van der Waals surface area contributed by atoms with E-state index in [1.165, 1.54) is 0 Å². The van der Waals surface area contributed by atoms with E-state index in [4.69, 9.17) is 4.74 Å². The molecule has 0 aliphatic rings. The molecule has 1 atom stereocenters. The lowest BCUT2D eigenvalue weighted by molar-refractivity contribution is -0.156. The zero-order chi connectivity index (χ0) is 14.2. The van der Waals surface area contributed by atoms with Crippen molar-refractivity contribution >= 4 is 11.9 Å². The highest BCUT2D eigenvalue weighted by atomic mass is 16.5. The van der Waals surface area contributed by atoms with E-state index in [1.54, 1.807) is 6.92 Å². The van der Waals surface area contributed by atoms with Crippen LogP contribution in [0.15, 0.2) is 0 Å². The maximum Gasteiger partial charge on any atom is 0.319 e. The highest BCUT2D eigenvalue weighted by molar-refractivity contribution is 5.98. The highest BCUT2D eigenvalue weighted by Gasteiger charge is 2.38. The Hall–Kier alpha value is -1.10. The molecule has 1 unspecified atom stereocenters. The minimum Gasteiger partial charge on any atom is -0.465 e. The van der Waals surface area contributed by atoms with Gasteiger partial charge in [0.2, 0.25) is 5.91 Å². The number of ether oxygens (including phenoxy) is 1. The van der Waals surface area contributed by atoms with Gasteiger partial charge in [0.05, 0.1) is 6.61 Å². The van der Waals surface area contributed by atoms with Gasteiger partial charge in [-0.2, -0.15) is 0 Å². The molecule has 0 spiro atoms. The zero-order valence-corrected chi connectivity index (χ0v) is 12.1. The van der Waals surface area contributed by atoms with E-state index in [1.807, 2.05) is 27.8 Å². The summed E-state index contributed by atoms with van der Waals surface area (Å²) in [6.45, 7) is 9.01. The van der Waals surface area contributed by atoms with E-state index in [9.17, 15) is 9.59 Å². The first-order valence-electron chi connectivity index (χ1n) is 6.43. The number of carbonyl (C=O) groups is 2. The van der Waals surface area contributed by atoms with Crippen molar-refractivity contribution in [1.82, 2.24) is 10.6 Å². The number of rotatable bonds is 7. The third-order valence-electron chi connectivity index (χ3n) is 2.55. The first-order valence-corrected chi connectivity index (χ1v) is 6.43. The number of hydrogen-bond acceptors (Lipinski definition) is 4. The third kappa shape index (κ3) is 6.00. The molecule has 106 valence electrons. The average Bonchev–Trinajstić information content (AvgIpc) is 2.23. The second-order valence-electron chi connectivity index (χ2n) is 5.30. The van der Waals surface area contributed by atoms with Gasteiger partial charge in [0.15, 0.2) is 0 Å². The molecule has 0 aromatic rings. The Labute approximate surface area is 110 Å². The molecule has 0 aliphatic carbocycles. The molecule has 0 rings (SSSR count). The van der Waals surface area contributed by atoms with Crippen LogP contribution < -0.4 is 10.6 Å². The Kier molecular flexibility index (Phi) is 7.59. The van der Waals surface area contributed by atoms with Crippen molar-refractivity contribution < 1.29 is 14.3 Å². The van der Waals surface area contributed by atoms with Gasteiger partial charge in [0.25, 0.3) is 0 Å². The topological polar surface area (TPSA) is 67.4 Å². The van der Waals surface area contributed by atoms with E-state index in [0.717, 1.165) is 13.0 Å². The van der Waals surface area contributed by atoms with E-state index < -0.39 is 17.3 Å². The van der Waals surface area contributed by atoms with Gasteiger partial charge in [0, 0.05) is 6.54 Å². The van der Waals surface area contributed by atoms with Gasteiger partial charge in [0.1, 0.15) is 5.92 Å². The predicted octanol–water partition coefficient (Wildman–Crippen LogP) is 0.937. The van der Waals surface area contributed by atoms with Crippen molar-refractivity contribution in [3.8, 4) is 0 Å². The SMILES string of the molecule is CCOC(=O)C(C(=O)NCCCNC)C(C)(C)C. The number of hydrogen-bond donors (Lipinski definition) is 2. The molecule has 0 saturated heterocycles. The Morgan fingerprint density at radius 3 is 2.28 bits per heavy atom. The summed E-state index contributed by atoms with van der Waals surface area (Å²) in [5.41, 5.74) is -0.445. The summed E-state index contributed by atoms with van der Waals surface area (Å²) in [6, 6.07) is 0. The number of amides is 1. The Morgan fingerprint density at radius 2 is 1.83 bits per heavy atom. The van der Waals surface area contributed by atoms with Crippen molar-refractivity contribution in [2.75, 3.05) is 26.7 Å². The van der Waals surface area contributed by atoms with Crippen LogP contribution in [0.2, 0.25) is 0 Å². The molecule has 5 nitrogen and oxygen atoms in total. The van der Waals surface area contributed by atoms with E-state index in [2.05, 4.69) is 10.6 Å². The smallest absolute Gasteiger partial charge is 0.319 e. The Bertz CT molecular complexity index is 272. The second kappa shape index (κ2) is 8.08. The van der Waals surface area contributed by atoms with Crippen molar-refractivity contribution in [3.05, 3.63) is 0 Å². The second-order valence-corrected chi connectivity index (χ2v) is 5.30. The molecule has 0 radical (unpaired) electrons. The van der Waals surface area contributed by atoms with Gasteiger partial charge < -0.3 is 15.4 Å². The number of nitrogens with one attached hydrogen (secondary N) is 2. The lowest BCUT2D eigenvalue weighted by Crippen LogP contribution is -2.44. The zero-order valence-electron chi connectivity index (χ0n) is 12.1. The van der Waals surface area contributed by atoms with Crippen LogP contribution in [0.3, 0.4) is 0 Å². The first-order chi connectivity index (χ1) is 8.34. The summed E-state index contributed by atoms with van der Waals surface area (Å²) in [4.78, 5) is 23.9. The van der Waals surface area contributed by atoms with Crippen LogP contribution in [0, 0.1) is 11.3 Å². The van der Waals surface area contributed by atoms with Crippen LogP contribution in [0.25, 0.3) is 0 Å². The fourth-order valence-corrected chi connectivity index (χ4v) is 1.66. The monoisotopic (exact) mass is 258 g/mol. The van der Waals surface area contributed by atoms with Gasteiger partial charge in [-0.1, -0.05) is 20.8 Å². The molecule has 0 aliphatic heterocycles. The van der Waals surface area contributed by atoms with Crippen LogP contribution >= 0.6 is 0 Å². The largest absolute Gasteiger partial charge is 0.465 e. The summed E-state index contributed by atoms with van der Waals surface area (Å²) in [7, 11) is 1.86. The van der Waals surface area contributed by atoms with Crippen LogP contribution in [0.4, 0.5) is 0 Å². The molecular formula is C13H26N2O3. The number of carbonyl (C=O) groups excluding carboxylic acids is 2. The van der Waals surface area contributed by atoms with Crippen molar-refractivity contribution in [2.24, 2.45) is 11.3 Å². The summed E-state index contributed by atoms with van der Waals surface area (Å²) in [5, 5.41) is 5.78. The van der Waals surface area contributed by atoms with Crippen LogP contribution in [0.1, 0.15) is 34.1 Å². The predicted molar refractivity (Wildman–Crippen MR) is 71.1 cm³/mol. The fraction of sp³-hybridized carbons (Fsp3) is 0.846. The molecule has 0 heterocycles. The van der Waals surface area contributed by atoms with Gasteiger partial charge in [-0.05, 0) is 32.4 Å². The molecule has 0 fully saturated rings.